The molecule has 1 rings (SSSR count). The van der Waals surface area contributed by atoms with E-state index in [9.17, 15) is 0 Å². The van der Waals surface area contributed by atoms with Crippen LogP contribution in [0.15, 0.2) is 0 Å². The highest BCUT2D eigenvalue weighted by atomic mass is 32.1. The maximum atomic E-state index is 5.15. The summed E-state index contributed by atoms with van der Waals surface area (Å²) in [7, 11) is 0. The number of thiol groups is 1. The van der Waals surface area contributed by atoms with Crippen LogP contribution in [-0.4, -0.2) is 18.3 Å². The minimum absolute atomic E-state index is 0.275. The Morgan fingerprint density at radius 1 is 1.75 bits per heavy atom. The van der Waals surface area contributed by atoms with Gasteiger partial charge in [0, 0.05) is 0 Å². The van der Waals surface area contributed by atoms with Crippen molar-refractivity contribution in [1.29, 1.82) is 0 Å². The molecule has 0 saturated carbocycles. The quantitative estimate of drug-likeness (QED) is 0.540. The van der Waals surface area contributed by atoms with Crippen LogP contribution in [0.4, 0.5) is 0 Å². The molecular weight excluding hydrogens is 124 g/mol. The van der Waals surface area contributed by atoms with E-state index in [2.05, 4.69) is 19.6 Å². The Kier molecular flexibility index (Phi) is 2.16. The molecule has 2 unspecified atom stereocenters. The molecule has 2 atom stereocenters. The predicted octanol–water partition coefficient (Wildman–Crippen LogP) is 1.03. The molecule has 3 heteroatoms. The van der Waals surface area contributed by atoms with E-state index in [0.717, 1.165) is 6.42 Å². The van der Waals surface area contributed by atoms with Gasteiger partial charge in [-0.25, -0.2) is 0 Å². The molecule has 0 N–H and O–H groups in total. The fourth-order valence-corrected chi connectivity index (χ4v) is 0.905. The fraction of sp³-hybridized carbons (Fsp3) is 1.00. The zero-order valence-electron chi connectivity index (χ0n) is 4.83. The Labute approximate surface area is 54.6 Å². The molecule has 0 aromatic heterocycles. The van der Waals surface area contributed by atoms with E-state index in [1.807, 2.05) is 0 Å². The van der Waals surface area contributed by atoms with Gasteiger partial charge in [0.05, 0.1) is 12.7 Å². The lowest BCUT2D eigenvalue weighted by molar-refractivity contribution is 0.0155. The van der Waals surface area contributed by atoms with Crippen molar-refractivity contribution in [2.24, 2.45) is 0 Å². The molecule has 1 fully saturated rings. The van der Waals surface area contributed by atoms with Crippen LogP contribution in [0.5, 0.6) is 0 Å². The lowest BCUT2D eigenvalue weighted by atomic mass is 10.3. The second kappa shape index (κ2) is 2.71. The summed E-state index contributed by atoms with van der Waals surface area (Å²) >= 11 is 3.96. The molecule has 0 aromatic rings. The maximum Gasteiger partial charge on any atom is 0.204 e. The average Bonchev–Trinajstić information content (AvgIpc) is 2.14. The Balaban J connectivity index is 2.22. The molecule has 1 saturated heterocycles. The van der Waals surface area contributed by atoms with Gasteiger partial charge in [0.2, 0.25) is 5.62 Å². The Morgan fingerprint density at radius 3 is 2.75 bits per heavy atom. The van der Waals surface area contributed by atoms with Gasteiger partial charge in [-0.1, -0.05) is 6.92 Å². The highest BCUT2D eigenvalue weighted by Crippen LogP contribution is 2.15. The number of ether oxygens (including phenoxy) is 2. The molecule has 0 spiro atoms. The van der Waals surface area contributed by atoms with Crippen LogP contribution in [0.1, 0.15) is 13.3 Å². The van der Waals surface area contributed by atoms with Crippen molar-refractivity contribution in [3.05, 3.63) is 0 Å². The standard InChI is InChI=1S/C5H10O2S/c1-2-4-3-6-5(8)7-4/h4-5,8H,2-3H2,1H3. The van der Waals surface area contributed by atoms with Gasteiger partial charge in [-0.2, -0.15) is 0 Å². The summed E-state index contributed by atoms with van der Waals surface area (Å²) in [5, 5.41) is 0. The van der Waals surface area contributed by atoms with Gasteiger partial charge in [-0.15, -0.1) is 12.6 Å². The van der Waals surface area contributed by atoms with Gasteiger partial charge in [-0.3, -0.25) is 0 Å². The Bertz CT molecular complexity index is 76.8. The van der Waals surface area contributed by atoms with Crippen LogP contribution in [-0.2, 0) is 9.47 Å². The first kappa shape index (κ1) is 6.39. The lowest BCUT2D eigenvalue weighted by Gasteiger charge is -2.01. The summed E-state index contributed by atoms with van der Waals surface area (Å²) in [6.45, 7) is 2.77. The van der Waals surface area contributed by atoms with Crippen LogP contribution in [0, 0.1) is 0 Å². The topological polar surface area (TPSA) is 18.5 Å². The molecule has 1 aliphatic heterocycles. The summed E-state index contributed by atoms with van der Waals surface area (Å²) in [5.41, 5.74) is -0.278. The molecule has 48 valence electrons. The molecule has 0 bridgehead atoms. The highest BCUT2D eigenvalue weighted by Gasteiger charge is 2.20. The Morgan fingerprint density at radius 2 is 2.50 bits per heavy atom. The Hall–Kier alpha value is 0.270. The van der Waals surface area contributed by atoms with Crippen molar-refractivity contribution in [1.82, 2.24) is 0 Å². The monoisotopic (exact) mass is 134 g/mol. The van der Waals surface area contributed by atoms with Gasteiger partial charge < -0.3 is 9.47 Å². The third-order valence-electron chi connectivity index (χ3n) is 1.19. The molecule has 0 aliphatic carbocycles. The normalized spacial score (nSPS) is 38.2. The maximum absolute atomic E-state index is 5.15. The molecule has 0 amide bonds. The number of hydrogen-bond acceptors (Lipinski definition) is 3. The van der Waals surface area contributed by atoms with Crippen molar-refractivity contribution >= 4 is 12.6 Å². The van der Waals surface area contributed by atoms with Crippen LogP contribution in [0.3, 0.4) is 0 Å². The second-order valence-corrected chi connectivity index (χ2v) is 2.23. The largest absolute Gasteiger partial charge is 0.341 e. The van der Waals surface area contributed by atoms with Crippen LogP contribution >= 0.6 is 12.6 Å². The van der Waals surface area contributed by atoms with Gasteiger partial charge in [0.15, 0.2) is 0 Å². The predicted molar refractivity (Wildman–Crippen MR) is 33.9 cm³/mol. The van der Waals surface area contributed by atoms with Crippen molar-refractivity contribution in [3.8, 4) is 0 Å². The van der Waals surface area contributed by atoms with E-state index >= 15 is 0 Å². The number of hydrogen-bond donors (Lipinski definition) is 1. The minimum Gasteiger partial charge on any atom is -0.341 e. The van der Waals surface area contributed by atoms with Crippen molar-refractivity contribution < 1.29 is 9.47 Å². The summed E-state index contributed by atoms with van der Waals surface area (Å²) in [4.78, 5) is 0. The number of rotatable bonds is 1. The summed E-state index contributed by atoms with van der Waals surface area (Å²) in [5.74, 6) is 0. The second-order valence-electron chi connectivity index (χ2n) is 1.81. The zero-order valence-corrected chi connectivity index (χ0v) is 5.73. The molecular formula is C5H10O2S. The van der Waals surface area contributed by atoms with E-state index < -0.39 is 0 Å². The first-order chi connectivity index (χ1) is 3.83. The molecule has 8 heavy (non-hydrogen) atoms. The molecule has 1 aliphatic rings. The summed E-state index contributed by atoms with van der Waals surface area (Å²) in [6.07, 6.45) is 1.29. The van der Waals surface area contributed by atoms with E-state index in [4.69, 9.17) is 9.47 Å². The fourth-order valence-electron chi connectivity index (χ4n) is 0.647. The zero-order chi connectivity index (χ0) is 5.98. The van der Waals surface area contributed by atoms with Crippen LogP contribution in [0.2, 0.25) is 0 Å². The summed E-state index contributed by atoms with van der Waals surface area (Å²) < 4.78 is 10.2. The van der Waals surface area contributed by atoms with E-state index in [-0.39, 0.29) is 11.7 Å². The van der Waals surface area contributed by atoms with Crippen molar-refractivity contribution in [2.45, 2.75) is 25.1 Å². The van der Waals surface area contributed by atoms with Gasteiger partial charge in [0.25, 0.3) is 0 Å². The first-order valence-corrected chi connectivity index (χ1v) is 3.29. The lowest BCUT2D eigenvalue weighted by Crippen LogP contribution is -2.07. The SMILES string of the molecule is CCC1COC(S)O1. The van der Waals surface area contributed by atoms with Crippen molar-refractivity contribution in [2.75, 3.05) is 6.61 Å². The summed E-state index contributed by atoms with van der Waals surface area (Å²) in [6, 6.07) is 0. The van der Waals surface area contributed by atoms with Crippen LogP contribution < -0.4 is 0 Å². The molecule has 2 nitrogen and oxygen atoms in total. The third-order valence-corrected chi connectivity index (χ3v) is 1.46. The highest BCUT2D eigenvalue weighted by molar-refractivity contribution is 7.80. The van der Waals surface area contributed by atoms with Gasteiger partial charge >= 0.3 is 0 Å². The van der Waals surface area contributed by atoms with Gasteiger partial charge in [0.1, 0.15) is 0 Å². The van der Waals surface area contributed by atoms with Crippen molar-refractivity contribution in [3.63, 3.8) is 0 Å². The minimum atomic E-state index is -0.278. The van der Waals surface area contributed by atoms with E-state index in [1.54, 1.807) is 0 Å². The van der Waals surface area contributed by atoms with E-state index in [0.29, 0.717) is 6.61 Å². The molecule has 1 heterocycles. The van der Waals surface area contributed by atoms with E-state index in [1.165, 1.54) is 0 Å². The molecule has 0 radical (unpaired) electrons. The average molecular weight is 134 g/mol. The smallest absolute Gasteiger partial charge is 0.204 e. The first-order valence-electron chi connectivity index (χ1n) is 2.78. The van der Waals surface area contributed by atoms with Gasteiger partial charge in [-0.05, 0) is 6.42 Å². The molecule has 0 aromatic carbocycles. The third kappa shape index (κ3) is 1.37. The van der Waals surface area contributed by atoms with Crippen LogP contribution in [0.25, 0.3) is 0 Å².